The molecule has 120 valence electrons. The summed E-state index contributed by atoms with van der Waals surface area (Å²) in [6, 6.07) is 14.4. The summed E-state index contributed by atoms with van der Waals surface area (Å²) < 4.78 is 12.8. The van der Waals surface area contributed by atoms with Gasteiger partial charge in [-0.1, -0.05) is 30.3 Å². The lowest BCUT2D eigenvalue weighted by atomic mass is 10.1. The zero-order valence-corrected chi connectivity index (χ0v) is 12.3. The Bertz CT molecular complexity index is 659. The van der Waals surface area contributed by atoms with Gasteiger partial charge in [0.25, 0.3) is 0 Å². The van der Waals surface area contributed by atoms with E-state index in [-0.39, 0.29) is 6.54 Å². The summed E-state index contributed by atoms with van der Waals surface area (Å²) >= 11 is 0. The summed E-state index contributed by atoms with van der Waals surface area (Å²) in [6.07, 6.45) is -0.416. The summed E-state index contributed by atoms with van der Waals surface area (Å²) in [5, 5.41) is 14.6. The number of hydrogen-bond acceptors (Lipinski definition) is 3. The van der Waals surface area contributed by atoms with Gasteiger partial charge in [0.15, 0.2) is 0 Å². The molecule has 2 aromatic carbocycles. The summed E-state index contributed by atoms with van der Waals surface area (Å²) in [4.78, 5) is 23.3. The topological polar surface area (TPSA) is 78.4 Å². The molecule has 0 bridgehead atoms. The van der Waals surface area contributed by atoms with E-state index in [1.165, 1.54) is 24.3 Å². The third kappa shape index (κ3) is 5.52. The van der Waals surface area contributed by atoms with Crippen molar-refractivity contribution in [3.05, 3.63) is 66.0 Å². The highest BCUT2D eigenvalue weighted by molar-refractivity contribution is 6.39. The lowest BCUT2D eigenvalue weighted by Crippen LogP contribution is -2.40. The van der Waals surface area contributed by atoms with E-state index in [1.54, 1.807) is 0 Å². The number of benzene rings is 2. The molecule has 2 aromatic rings. The van der Waals surface area contributed by atoms with Crippen LogP contribution in [0, 0.1) is 5.82 Å². The molecule has 0 radical (unpaired) electrons. The molecule has 6 heteroatoms. The number of anilines is 1. The monoisotopic (exact) mass is 316 g/mol. The van der Waals surface area contributed by atoms with Crippen molar-refractivity contribution < 1.29 is 19.1 Å². The smallest absolute Gasteiger partial charge is 0.313 e. The van der Waals surface area contributed by atoms with Gasteiger partial charge in [-0.05, 0) is 29.8 Å². The second-order valence-electron chi connectivity index (χ2n) is 5.01. The number of carbonyl (C=O) groups is 2. The highest BCUT2D eigenvalue weighted by Gasteiger charge is 2.15. The van der Waals surface area contributed by atoms with Crippen LogP contribution in [0.1, 0.15) is 5.56 Å². The van der Waals surface area contributed by atoms with Crippen molar-refractivity contribution in [1.29, 1.82) is 0 Å². The van der Waals surface area contributed by atoms with Crippen LogP contribution in [-0.4, -0.2) is 29.6 Å². The number of halogens is 1. The van der Waals surface area contributed by atoms with Crippen LogP contribution in [0.3, 0.4) is 0 Å². The van der Waals surface area contributed by atoms with Gasteiger partial charge in [0.1, 0.15) is 5.82 Å². The number of amides is 2. The SMILES string of the molecule is O=C(NCC(O)Cc1ccccc1)C(=O)Nc1ccc(F)cc1. The molecule has 0 saturated heterocycles. The molecule has 2 rings (SSSR count). The maximum Gasteiger partial charge on any atom is 0.313 e. The number of rotatable bonds is 5. The fourth-order valence-electron chi connectivity index (χ4n) is 1.97. The van der Waals surface area contributed by atoms with E-state index in [9.17, 15) is 19.1 Å². The Kier molecular flexibility index (Phi) is 5.82. The third-order valence-corrected chi connectivity index (χ3v) is 3.12. The zero-order valence-electron chi connectivity index (χ0n) is 12.3. The molecule has 0 aliphatic carbocycles. The Morgan fingerprint density at radius 3 is 2.30 bits per heavy atom. The molecule has 0 spiro atoms. The predicted molar refractivity (Wildman–Crippen MR) is 84.2 cm³/mol. The van der Waals surface area contributed by atoms with Gasteiger partial charge in [-0.2, -0.15) is 0 Å². The lowest BCUT2D eigenvalue weighted by molar-refractivity contribution is -0.136. The number of hydrogen-bond donors (Lipinski definition) is 3. The van der Waals surface area contributed by atoms with Crippen LogP contribution in [0.25, 0.3) is 0 Å². The summed E-state index contributed by atoms with van der Waals surface area (Å²) in [7, 11) is 0. The van der Waals surface area contributed by atoms with Gasteiger partial charge >= 0.3 is 11.8 Å². The molecule has 0 aliphatic heterocycles. The van der Waals surface area contributed by atoms with E-state index in [0.29, 0.717) is 12.1 Å². The van der Waals surface area contributed by atoms with E-state index >= 15 is 0 Å². The van der Waals surface area contributed by atoms with Gasteiger partial charge in [-0.15, -0.1) is 0 Å². The number of carbonyl (C=O) groups excluding carboxylic acids is 2. The first-order valence-electron chi connectivity index (χ1n) is 7.11. The van der Waals surface area contributed by atoms with Gasteiger partial charge in [-0.25, -0.2) is 4.39 Å². The van der Waals surface area contributed by atoms with Crippen LogP contribution < -0.4 is 10.6 Å². The minimum absolute atomic E-state index is 0.0371. The molecule has 0 heterocycles. The Hall–Kier alpha value is -2.73. The normalized spacial score (nSPS) is 11.6. The second kappa shape index (κ2) is 8.05. The minimum Gasteiger partial charge on any atom is -0.391 e. The predicted octanol–water partition coefficient (Wildman–Crippen LogP) is 1.48. The average molecular weight is 316 g/mol. The van der Waals surface area contributed by atoms with Gasteiger partial charge in [0.05, 0.1) is 6.10 Å². The zero-order chi connectivity index (χ0) is 16.7. The van der Waals surface area contributed by atoms with Crippen LogP contribution in [0.5, 0.6) is 0 Å². The molecule has 0 aliphatic rings. The lowest BCUT2D eigenvalue weighted by Gasteiger charge is -2.12. The van der Waals surface area contributed by atoms with E-state index in [2.05, 4.69) is 10.6 Å². The summed E-state index contributed by atoms with van der Waals surface area (Å²) in [6.45, 7) is -0.0371. The molecule has 1 unspecified atom stereocenters. The molecule has 3 N–H and O–H groups in total. The fraction of sp³-hybridized carbons (Fsp3) is 0.176. The van der Waals surface area contributed by atoms with Crippen molar-refractivity contribution in [3.8, 4) is 0 Å². The minimum atomic E-state index is -0.872. The van der Waals surface area contributed by atoms with Crippen LogP contribution in [0.15, 0.2) is 54.6 Å². The number of aliphatic hydroxyl groups is 1. The van der Waals surface area contributed by atoms with Gasteiger partial charge in [0, 0.05) is 18.7 Å². The van der Waals surface area contributed by atoms with Crippen LogP contribution in [0.2, 0.25) is 0 Å². The van der Waals surface area contributed by atoms with Gasteiger partial charge in [-0.3, -0.25) is 9.59 Å². The second-order valence-corrected chi connectivity index (χ2v) is 5.01. The number of nitrogens with one attached hydrogen (secondary N) is 2. The van der Waals surface area contributed by atoms with E-state index < -0.39 is 23.7 Å². The van der Waals surface area contributed by atoms with Crippen molar-refractivity contribution in [2.24, 2.45) is 0 Å². The Balaban J connectivity index is 1.77. The van der Waals surface area contributed by atoms with Gasteiger partial charge < -0.3 is 15.7 Å². The highest BCUT2D eigenvalue weighted by atomic mass is 19.1. The molecule has 0 aromatic heterocycles. The molecular formula is C17H17FN2O3. The number of aliphatic hydroxyl groups excluding tert-OH is 1. The van der Waals surface area contributed by atoms with Crippen molar-refractivity contribution in [3.63, 3.8) is 0 Å². The first-order chi connectivity index (χ1) is 11.0. The highest BCUT2D eigenvalue weighted by Crippen LogP contribution is 2.08. The molecule has 0 fully saturated rings. The van der Waals surface area contributed by atoms with Crippen molar-refractivity contribution in [1.82, 2.24) is 5.32 Å². The van der Waals surface area contributed by atoms with Crippen LogP contribution >= 0.6 is 0 Å². The molecule has 23 heavy (non-hydrogen) atoms. The van der Waals surface area contributed by atoms with Crippen molar-refractivity contribution in [2.75, 3.05) is 11.9 Å². The third-order valence-electron chi connectivity index (χ3n) is 3.12. The average Bonchev–Trinajstić information content (AvgIpc) is 2.55. The van der Waals surface area contributed by atoms with Crippen molar-refractivity contribution in [2.45, 2.75) is 12.5 Å². The Morgan fingerprint density at radius 1 is 1.00 bits per heavy atom. The first kappa shape index (κ1) is 16.6. The largest absolute Gasteiger partial charge is 0.391 e. The van der Waals surface area contributed by atoms with Crippen LogP contribution in [0.4, 0.5) is 10.1 Å². The maximum absolute atomic E-state index is 12.8. The standard InChI is InChI=1S/C17H17FN2O3/c18-13-6-8-14(9-7-13)20-17(23)16(22)19-11-15(21)10-12-4-2-1-3-5-12/h1-9,15,21H,10-11H2,(H,19,22)(H,20,23). The van der Waals surface area contributed by atoms with E-state index in [1.807, 2.05) is 30.3 Å². The Labute approximate surface area is 133 Å². The summed E-state index contributed by atoms with van der Waals surface area (Å²) in [5.74, 6) is -2.17. The summed E-state index contributed by atoms with van der Waals surface area (Å²) in [5.41, 5.74) is 1.25. The molecule has 5 nitrogen and oxygen atoms in total. The molecule has 2 amide bonds. The molecule has 1 atom stereocenters. The van der Waals surface area contributed by atoms with Crippen LogP contribution in [-0.2, 0) is 16.0 Å². The quantitative estimate of drug-likeness (QED) is 0.731. The van der Waals surface area contributed by atoms with E-state index in [4.69, 9.17) is 0 Å². The fourth-order valence-corrected chi connectivity index (χ4v) is 1.97. The molecular weight excluding hydrogens is 299 g/mol. The maximum atomic E-state index is 12.8. The van der Waals surface area contributed by atoms with Gasteiger partial charge in [0.2, 0.25) is 0 Å². The molecule has 0 saturated carbocycles. The Morgan fingerprint density at radius 2 is 1.65 bits per heavy atom. The van der Waals surface area contributed by atoms with Crippen molar-refractivity contribution >= 4 is 17.5 Å². The first-order valence-corrected chi connectivity index (χ1v) is 7.11. The van der Waals surface area contributed by atoms with E-state index in [0.717, 1.165) is 5.56 Å².